The molecule has 4 aliphatic rings. The van der Waals surface area contributed by atoms with Gasteiger partial charge in [0.2, 0.25) is 5.91 Å². The van der Waals surface area contributed by atoms with Crippen molar-refractivity contribution in [3.8, 4) is 22.7 Å². The van der Waals surface area contributed by atoms with E-state index in [-0.39, 0.29) is 120 Å². The van der Waals surface area contributed by atoms with E-state index in [0.717, 1.165) is 9.29 Å². The molecule has 0 atom stereocenters. The van der Waals surface area contributed by atoms with Crippen molar-refractivity contribution >= 4 is 53.4 Å². The van der Waals surface area contributed by atoms with Crippen molar-refractivity contribution in [3.63, 3.8) is 0 Å². The van der Waals surface area contributed by atoms with Crippen LogP contribution in [0.2, 0.25) is 0 Å². The summed E-state index contributed by atoms with van der Waals surface area (Å²) in [5, 5.41) is 31.2. The fourth-order valence-electron chi connectivity index (χ4n) is 7.64. The standard InChI is InChI=1S/C39H43BF2N8O9/c41-40(42)49(39-30(19-27-7-10-29(51)20-33(27)59-39)38-44-31-3-1-2-4-32(31)50(38)40)28-8-5-26(6-9-28)21-43-34(52)22-45-11-13-46(23-35(53)54)15-17-48(25-37(57)58)18-16-47(14-12-45)24-36(55)56/h1-10,19-20,44H,11-18,21-25H2,(H,43,52)(H,53,54)(H,55,56)(H,57,58). The summed E-state index contributed by atoms with van der Waals surface area (Å²) in [5.41, 5.74) is 2.12. The van der Waals surface area contributed by atoms with E-state index in [1.807, 2.05) is 0 Å². The Morgan fingerprint density at radius 2 is 1.27 bits per heavy atom. The number of nitrogens with zero attached hydrogens (tertiary/aromatic N) is 6. The van der Waals surface area contributed by atoms with Gasteiger partial charge in [-0.15, -0.1) is 0 Å². The number of carbonyl (C=O) groups excluding carboxylic acids is 1. The van der Waals surface area contributed by atoms with Crippen LogP contribution in [0, 0.1) is 0 Å². The first-order chi connectivity index (χ1) is 28.2. The SMILES string of the molecule is O=C(O)CN1CCN(CC(=O)O)CCN(CC(=O)NCc2ccc(N3c4oc5cc(=O)ccc-5cc4-c4[nH]c5ccccc5[n+]4[B-]3(F)F)cc2)CCN(CC(=O)O)CC1. The predicted molar refractivity (Wildman–Crippen MR) is 212 cm³/mol. The number of carbonyl (C=O) groups is 4. The predicted octanol–water partition coefficient (Wildman–Crippen LogP) is 1.65. The summed E-state index contributed by atoms with van der Waals surface area (Å²) >= 11 is 0. The summed E-state index contributed by atoms with van der Waals surface area (Å²) in [5.74, 6) is -3.36. The van der Waals surface area contributed by atoms with Gasteiger partial charge >= 0.3 is 24.9 Å². The molecule has 310 valence electrons. The van der Waals surface area contributed by atoms with Gasteiger partial charge in [0.1, 0.15) is 16.8 Å². The van der Waals surface area contributed by atoms with Crippen molar-refractivity contribution < 1.29 is 52.0 Å². The fraction of sp³-hybridized carbons (Fsp3) is 0.333. The van der Waals surface area contributed by atoms with E-state index in [2.05, 4.69) is 10.3 Å². The van der Waals surface area contributed by atoms with Gasteiger partial charge < -0.3 is 43.0 Å². The van der Waals surface area contributed by atoms with Crippen LogP contribution in [0.4, 0.5) is 20.2 Å². The smallest absolute Gasteiger partial charge is 0.480 e. The number of H-pyrrole nitrogens is 1. The molecule has 17 nitrogen and oxygen atoms in total. The number of hydrogen-bond donors (Lipinski definition) is 5. The van der Waals surface area contributed by atoms with Crippen LogP contribution < -0.4 is 20.0 Å². The summed E-state index contributed by atoms with van der Waals surface area (Å²) in [6.07, 6.45) is 0. The Hall–Kier alpha value is -6.22. The Labute approximate surface area is 336 Å². The normalized spacial score (nSPS) is 17.2. The number of carboxylic acid groups (broad SMARTS) is 3. The van der Waals surface area contributed by atoms with E-state index in [9.17, 15) is 39.3 Å². The number of aromatic amines is 1. The number of imidazole rings is 1. The monoisotopic (exact) mass is 816 g/mol. The van der Waals surface area contributed by atoms with Gasteiger partial charge in [-0.3, -0.25) is 43.6 Å². The van der Waals surface area contributed by atoms with Crippen LogP contribution in [0.5, 0.6) is 0 Å². The van der Waals surface area contributed by atoms with E-state index < -0.39 is 24.9 Å². The van der Waals surface area contributed by atoms with Crippen LogP contribution >= 0.6 is 0 Å². The van der Waals surface area contributed by atoms with Gasteiger partial charge in [-0.05, 0) is 48.0 Å². The van der Waals surface area contributed by atoms with Crippen molar-refractivity contribution in [2.24, 2.45) is 0 Å². The molecule has 4 heterocycles. The Bertz CT molecular complexity index is 2360. The first-order valence-corrected chi connectivity index (χ1v) is 19.1. The molecule has 1 fully saturated rings. The zero-order valence-corrected chi connectivity index (χ0v) is 31.9. The Morgan fingerprint density at radius 3 is 1.83 bits per heavy atom. The number of aromatic nitrogens is 2. The van der Waals surface area contributed by atoms with E-state index >= 15 is 8.63 Å². The number of amides is 1. The molecule has 3 aliphatic heterocycles. The lowest BCUT2D eigenvalue weighted by atomic mass is 9.86. The maximum absolute atomic E-state index is 16.9. The molecule has 5 N–H and O–H groups in total. The number of halogens is 2. The van der Waals surface area contributed by atoms with Gasteiger partial charge in [-0.25, -0.2) is 4.98 Å². The Morgan fingerprint density at radius 1 is 0.729 bits per heavy atom. The van der Waals surface area contributed by atoms with Gasteiger partial charge in [0.25, 0.3) is 5.82 Å². The van der Waals surface area contributed by atoms with Crippen molar-refractivity contribution in [2.75, 3.05) is 83.3 Å². The van der Waals surface area contributed by atoms with Crippen LogP contribution in [-0.4, -0.2) is 149 Å². The molecular formula is C39H43BF2N8O9. The maximum atomic E-state index is 16.9. The lowest BCUT2D eigenvalue weighted by Crippen LogP contribution is -2.70. The summed E-state index contributed by atoms with van der Waals surface area (Å²) in [6, 6.07) is 18.9. The topological polar surface area (TPSA) is 207 Å². The summed E-state index contributed by atoms with van der Waals surface area (Å²) in [7, 11) is 0. The Kier molecular flexibility index (Phi) is 12.0. The average Bonchev–Trinajstić information content (AvgIpc) is 3.58. The van der Waals surface area contributed by atoms with Crippen molar-refractivity contribution in [1.82, 2.24) is 29.9 Å². The second-order valence-electron chi connectivity index (χ2n) is 14.7. The van der Waals surface area contributed by atoms with Crippen LogP contribution in [0.25, 0.3) is 33.7 Å². The van der Waals surface area contributed by atoms with Gasteiger partial charge in [0, 0.05) is 76.2 Å². The summed E-state index contributed by atoms with van der Waals surface area (Å²) in [6.45, 7) is -3.38. The number of benzene rings is 3. The summed E-state index contributed by atoms with van der Waals surface area (Å²) < 4.78 is 40.8. The Balaban J connectivity index is 1.07. The molecule has 1 aliphatic carbocycles. The van der Waals surface area contributed by atoms with Crippen LogP contribution in [0.15, 0.2) is 82.0 Å². The largest absolute Gasteiger partial charge is 0.642 e. The third kappa shape index (κ3) is 9.41. The van der Waals surface area contributed by atoms with Crippen LogP contribution in [-0.2, 0) is 25.7 Å². The maximum Gasteiger partial charge on any atom is 0.642 e. The molecule has 0 saturated carbocycles. The number of fused-ring (bicyclic) bond motifs is 6. The van der Waals surface area contributed by atoms with E-state index in [0.29, 0.717) is 27.7 Å². The molecule has 0 radical (unpaired) electrons. The number of para-hydroxylation sites is 2. The van der Waals surface area contributed by atoms with E-state index in [1.54, 1.807) is 68.1 Å². The second-order valence-corrected chi connectivity index (χ2v) is 14.7. The second kappa shape index (κ2) is 17.3. The van der Waals surface area contributed by atoms with Gasteiger partial charge in [-0.2, -0.15) is 0 Å². The fourth-order valence-corrected chi connectivity index (χ4v) is 7.64. The zero-order valence-electron chi connectivity index (χ0n) is 31.9. The third-order valence-corrected chi connectivity index (χ3v) is 10.6. The van der Waals surface area contributed by atoms with Gasteiger partial charge in [0.05, 0.1) is 26.2 Å². The molecule has 7 rings (SSSR count). The molecular weight excluding hydrogens is 773 g/mol. The summed E-state index contributed by atoms with van der Waals surface area (Å²) in [4.78, 5) is 71.0. The first kappa shape index (κ1) is 41.0. The molecule has 1 saturated heterocycles. The number of rotatable bonds is 11. The molecule has 59 heavy (non-hydrogen) atoms. The van der Waals surface area contributed by atoms with Gasteiger partial charge in [-0.1, -0.05) is 24.3 Å². The van der Waals surface area contributed by atoms with Crippen LogP contribution in [0.3, 0.4) is 0 Å². The highest BCUT2D eigenvalue weighted by Gasteiger charge is 2.52. The van der Waals surface area contributed by atoms with E-state index in [1.165, 1.54) is 24.3 Å². The molecule has 1 amide bonds. The number of hydrogen-bond acceptors (Lipinski definition) is 11. The average molecular weight is 817 g/mol. The minimum absolute atomic E-state index is 0.0589. The molecule has 2 aromatic carbocycles. The number of anilines is 2. The molecule has 3 aromatic rings. The third-order valence-electron chi connectivity index (χ3n) is 10.6. The van der Waals surface area contributed by atoms with Crippen LogP contribution in [0.1, 0.15) is 5.56 Å². The molecule has 0 unspecified atom stereocenters. The van der Waals surface area contributed by atoms with E-state index in [4.69, 9.17) is 4.42 Å². The number of nitrogens with one attached hydrogen (secondary N) is 2. The first-order valence-electron chi connectivity index (χ1n) is 19.1. The molecule has 1 aromatic heterocycles. The van der Waals surface area contributed by atoms with Crippen molar-refractivity contribution in [3.05, 3.63) is 88.6 Å². The highest BCUT2D eigenvalue weighted by atomic mass is 19.2. The van der Waals surface area contributed by atoms with Gasteiger partial charge in [0.15, 0.2) is 16.8 Å². The number of aliphatic carboxylic acids is 3. The van der Waals surface area contributed by atoms with Crippen molar-refractivity contribution in [2.45, 2.75) is 6.54 Å². The highest BCUT2D eigenvalue weighted by molar-refractivity contribution is 6.64. The minimum atomic E-state index is -4.55. The lowest BCUT2D eigenvalue weighted by Gasteiger charge is -2.40. The molecule has 0 bridgehead atoms. The zero-order chi connectivity index (χ0) is 41.8. The highest BCUT2D eigenvalue weighted by Crippen LogP contribution is 2.45. The lowest BCUT2D eigenvalue weighted by molar-refractivity contribution is -0.526. The number of carboxylic acids is 3. The molecule has 20 heteroatoms. The van der Waals surface area contributed by atoms with Crippen molar-refractivity contribution in [1.29, 1.82) is 0 Å². The quantitative estimate of drug-likeness (QED) is 0.120. The molecule has 0 spiro atoms. The minimum Gasteiger partial charge on any atom is -0.480 e.